The molecule has 108 valence electrons. The topological polar surface area (TPSA) is 30.5 Å². The zero-order valence-electron chi connectivity index (χ0n) is 12.3. The molecule has 0 bridgehead atoms. The minimum atomic E-state index is -0.226. The van der Waals surface area contributed by atoms with Crippen molar-refractivity contribution < 1.29 is 13.9 Å². The minimum Gasteiger partial charge on any atom is -0.496 e. The SMILES string of the molecule is COCCNCCC(C)(C)c1cc(F)ccc1OC. The van der Waals surface area contributed by atoms with Gasteiger partial charge in [0.15, 0.2) is 0 Å². The molecule has 4 heteroatoms. The number of rotatable bonds is 8. The molecule has 0 aliphatic carbocycles. The van der Waals surface area contributed by atoms with Crippen molar-refractivity contribution in [1.82, 2.24) is 5.32 Å². The highest BCUT2D eigenvalue weighted by molar-refractivity contribution is 5.39. The Hall–Kier alpha value is -1.13. The second kappa shape index (κ2) is 7.46. The molecular formula is C15H24FNO2. The van der Waals surface area contributed by atoms with Crippen LogP contribution in [0.3, 0.4) is 0 Å². The highest BCUT2D eigenvalue weighted by atomic mass is 19.1. The van der Waals surface area contributed by atoms with E-state index in [4.69, 9.17) is 9.47 Å². The van der Waals surface area contributed by atoms with Crippen LogP contribution < -0.4 is 10.1 Å². The summed E-state index contributed by atoms with van der Waals surface area (Å²) in [6, 6.07) is 4.67. The fourth-order valence-electron chi connectivity index (χ4n) is 2.04. The van der Waals surface area contributed by atoms with Gasteiger partial charge in [0.05, 0.1) is 13.7 Å². The van der Waals surface area contributed by atoms with Gasteiger partial charge in [0, 0.05) is 19.2 Å². The van der Waals surface area contributed by atoms with Gasteiger partial charge in [-0.1, -0.05) is 13.8 Å². The maximum Gasteiger partial charge on any atom is 0.123 e. The maximum absolute atomic E-state index is 13.4. The lowest BCUT2D eigenvalue weighted by Crippen LogP contribution is -2.28. The fraction of sp³-hybridized carbons (Fsp3) is 0.600. The third kappa shape index (κ3) is 4.80. The number of halogens is 1. The molecule has 3 nitrogen and oxygen atoms in total. The van der Waals surface area contributed by atoms with Crippen LogP contribution in [-0.4, -0.2) is 33.9 Å². The van der Waals surface area contributed by atoms with Gasteiger partial charge in [0.1, 0.15) is 11.6 Å². The molecule has 0 radical (unpaired) electrons. The lowest BCUT2D eigenvalue weighted by Gasteiger charge is -2.27. The predicted molar refractivity (Wildman–Crippen MR) is 75.3 cm³/mol. The Balaban J connectivity index is 2.67. The van der Waals surface area contributed by atoms with Gasteiger partial charge in [-0.15, -0.1) is 0 Å². The molecule has 1 aromatic rings. The molecule has 0 aliphatic rings. The van der Waals surface area contributed by atoms with Crippen LogP contribution in [-0.2, 0) is 10.2 Å². The smallest absolute Gasteiger partial charge is 0.123 e. The molecule has 0 heterocycles. The molecule has 0 saturated carbocycles. The number of methoxy groups -OCH3 is 2. The summed E-state index contributed by atoms with van der Waals surface area (Å²) in [5, 5.41) is 3.30. The normalized spacial score (nSPS) is 11.6. The van der Waals surface area contributed by atoms with E-state index >= 15 is 0 Å². The van der Waals surface area contributed by atoms with Crippen molar-refractivity contribution in [3.05, 3.63) is 29.6 Å². The predicted octanol–water partition coefficient (Wildman–Crippen LogP) is 2.74. The Bertz CT molecular complexity index is 394. The Morgan fingerprint density at radius 3 is 2.58 bits per heavy atom. The summed E-state index contributed by atoms with van der Waals surface area (Å²) in [6.45, 7) is 6.58. The first-order valence-electron chi connectivity index (χ1n) is 6.55. The van der Waals surface area contributed by atoms with Crippen LogP contribution in [0.15, 0.2) is 18.2 Å². The van der Waals surface area contributed by atoms with E-state index in [0.717, 1.165) is 30.8 Å². The molecule has 0 amide bonds. The van der Waals surface area contributed by atoms with E-state index in [1.807, 2.05) is 0 Å². The van der Waals surface area contributed by atoms with Crippen LogP contribution in [0.4, 0.5) is 4.39 Å². The van der Waals surface area contributed by atoms with Gasteiger partial charge in [-0.3, -0.25) is 0 Å². The highest BCUT2D eigenvalue weighted by Gasteiger charge is 2.24. The average molecular weight is 269 g/mol. The van der Waals surface area contributed by atoms with Crippen LogP contribution in [0, 0.1) is 5.82 Å². The highest BCUT2D eigenvalue weighted by Crippen LogP contribution is 2.34. The number of ether oxygens (including phenoxy) is 2. The summed E-state index contributed by atoms with van der Waals surface area (Å²) < 4.78 is 23.7. The van der Waals surface area contributed by atoms with Gasteiger partial charge < -0.3 is 14.8 Å². The second-order valence-corrected chi connectivity index (χ2v) is 5.22. The molecule has 0 aromatic heterocycles. The number of benzene rings is 1. The van der Waals surface area contributed by atoms with E-state index < -0.39 is 0 Å². The summed E-state index contributed by atoms with van der Waals surface area (Å²) >= 11 is 0. The van der Waals surface area contributed by atoms with E-state index in [1.165, 1.54) is 6.07 Å². The van der Waals surface area contributed by atoms with Crippen molar-refractivity contribution >= 4 is 0 Å². The third-order valence-electron chi connectivity index (χ3n) is 3.30. The molecule has 1 aromatic carbocycles. The van der Waals surface area contributed by atoms with E-state index in [1.54, 1.807) is 26.4 Å². The average Bonchev–Trinajstić information content (AvgIpc) is 2.38. The summed E-state index contributed by atoms with van der Waals surface area (Å²) in [7, 11) is 3.30. The lowest BCUT2D eigenvalue weighted by molar-refractivity contribution is 0.198. The van der Waals surface area contributed by atoms with Crippen LogP contribution in [0.2, 0.25) is 0 Å². The summed E-state index contributed by atoms with van der Waals surface area (Å²) in [5.41, 5.74) is 0.761. The quantitative estimate of drug-likeness (QED) is 0.736. The molecule has 1 N–H and O–H groups in total. The molecule has 0 aliphatic heterocycles. The van der Waals surface area contributed by atoms with Crippen molar-refractivity contribution in [3.63, 3.8) is 0 Å². The molecular weight excluding hydrogens is 245 g/mol. The van der Waals surface area contributed by atoms with Crippen molar-refractivity contribution in [3.8, 4) is 5.75 Å². The Morgan fingerprint density at radius 1 is 1.21 bits per heavy atom. The fourth-order valence-corrected chi connectivity index (χ4v) is 2.04. The number of hydrogen-bond donors (Lipinski definition) is 1. The minimum absolute atomic E-state index is 0.145. The first kappa shape index (κ1) is 15.9. The summed E-state index contributed by atoms with van der Waals surface area (Å²) in [5.74, 6) is 0.513. The molecule has 0 saturated heterocycles. The standard InChI is InChI=1S/C15H24FNO2/c1-15(2,7-8-17-9-10-18-3)13-11-12(16)5-6-14(13)19-4/h5-6,11,17H,7-10H2,1-4H3. The van der Waals surface area contributed by atoms with Gasteiger partial charge in [0.2, 0.25) is 0 Å². The van der Waals surface area contributed by atoms with E-state index in [2.05, 4.69) is 19.2 Å². The monoisotopic (exact) mass is 269 g/mol. The van der Waals surface area contributed by atoms with Crippen molar-refractivity contribution in [2.24, 2.45) is 0 Å². The largest absolute Gasteiger partial charge is 0.496 e. The molecule has 0 spiro atoms. The van der Waals surface area contributed by atoms with E-state index in [0.29, 0.717) is 6.61 Å². The van der Waals surface area contributed by atoms with E-state index in [9.17, 15) is 4.39 Å². The molecule has 0 atom stereocenters. The Labute approximate surface area is 115 Å². The molecule has 19 heavy (non-hydrogen) atoms. The lowest BCUT2D eigenvalue weighted by atomic mass is 9.81. The number of hydrogen-bond acceptors (Lipinski definition) is 3. The van der Waals surface area contributed by atoms with Crippen molar-refractivity contribution in [1.29, 1.82) is 0 Å². The van der Waals surface area contributed by atoms with Crippen molar-refractivity contribution in [2.45, 2.75) is 25.7 Å². The van der Waals surface area contributed by atoms with Crippen LogP contribution in [0.1, 0.15) is 25.8 Å². The van der Waals surface area contributed by atoms with Crippen molar-refractivity contribution in [2.75, 3.05) is 33.9 Å². The van der Waals surface area contributed by atoms with Crippen LogP contribution >= 0.6 is 0 Å². The zero-order chi connectivity index (χ0) is 14.3. The van der Waals surface area contributed by atoms with Crippen LogP contribution in [0.5, 0.6) is 5.75 Å². The summed E-state index contributed by atoms with van der Waals surface area (Å²) in [6.07, 6.45) is 0.899. The van der Waals surface area contributed by atoms with Gasteiger partial charge in [-0.05, 0) is 36.6 Å². The Kier molecular flexibility index (Phi) is 6.25. The first-order chi connectivity index (χ1) is 9.01. The zero-order valence-corrected chi connectivity index (χ0v) is 12.3. The Morgan fingerprint density at radius 2 is 1.95 bits per heavy atom. The summed E-state index contributed by atoms with van der Waals surface area (Å²) in [4.78, 5) is 0. The molecule has 0 unspecified atom stereocenters. The maximum atomic E-state index is 13.4. The van der Waals surface area contributed by atoms with Gasteiger partial charge in [-0.2, -0.15) is 0 Å². The van der Waals surface area contributed by atoms with Gasteiger partial charge >= 0.3 is 0 Å². The number of nitrogens with one attached hydrogen (secondary N) is 1. The molecule has 1 rings (SSSR count). The third-order valence-corrected chi connectivity index (χ3v) is 3.30. The van der Waals surface area contributed by atoms with Gasteiger partial charge in [-0.25, -0.2) is 4.39 Å². The second-order valence-electron chi connectivity index (χ2n) is 5.22. The van der Waals surface area contributed by atoms with Gasteiger partial charge in [0.25, 0.3) is 0 Å². The van der Waals surface area contributed by atoms with Crippen LogP contribution in [0.25, 0.3) is 0 Å². The molecule has 0 fully saturated rings. The first-order valence-corrected chi connectivity index (χ1v) is 6.55. The van der Waals surface area contributed by atoms with E-state index in [-0.39, 0.29) is 11.2 Å².